The number of hydrogen-bond acceptors (Lipinski definition) is 5. The molecule has 0 aromatic heterocycles. The first-order valence-electron chi connectivity index (χ1n) is 8.67. The van der Waals surface area contributed by atoms with Gasteiger partial charge in [-0.25, -0.2) is 0 Å². The van der Waals surface area contributed by atoms with Gasteiger partial charge in [0.2, 0.25) is 11.8 Å². The summed E-state index contributed by atoms with van der Waals surface area (Å²) in [6, 6.07) is 11.1. The van der Waals surface area contributed by atoms with Crippen molar-refractivity contribution < 1.29 is 14.5 Å². The smallest absolute Gasteiger partial charge is 0.269 e. The molecule has 1 saturated heterocycles. The standard InChI is InChI=1S/C19H18ClN3O4S/c1-12(28-15-7-4-13(5-8-15)23(26)27)19(25)21-17-11-14(6-9-16(17)20)22-10-2-3-18(22)24/h4-9,11-12H,2-3,10H2,1H3,(H,21,25). The number of thioether (sulfide) groups is 1. The number of carbonyl (C=O) groups excluding carboxylic acids is 2. The van der Waals surface area contributed by atoms with Crippen molar-refractivity contribution in [1.82, 2.24) is 0 Å². The van der Waals surface area contributed by atoms with Crippen LogP contribution in [0.25, 0.3) is 0 Å². The van der Waals surface area contributed by atoms with Gasteiger partial charge in [0.25, 0.3) is 5.69 Å². The van der Waals surface area contributed by atoms with Crippen LogP contribution in [0.1, 0.15) is 19.8 Å². The van der Waals surface area contributed by atoms with Gasteiger partial charge in [0.15, 0.2) is 0 Å². The van der Waals surface area contributed by atoms with E-state index in [0.29, 0.717) is 29.4 Å². The number of nitro benzene ring substituents is 1. The number of nitrogens with zero attached hydrogens (tertiary/aromatic N) is 2. The fourth-order valence-electron chi connectivity index (χ4n) is 2.84. The Labute approximate surface area is 171 Å². The van der Waals surface area contributed by atoms with Crippen molar-refractivity contribution in [3.8, 4) is 0 Å². The predicted molar refractivity (Wildman–Crippen MR) is 110 cm³/mol. The summed E-state index contributed by atoms with van der Waals surface area (Å²) in [5.74, 6) is -0.197. The Morgan fingerprint density at radius 3 is 2.61 bits per heavy atom. The van der Waals surface area contributed by atoms with Gasteiger partial charge in [-0.3, -0.25) is 19.7 Å². The maximum atomic E-state index is 12.6. The van der Waals surface area contributed by atoms with Crippen molar-refractivity contribution in [3.05, 3.63) is 57.6 Å². The molecule has 1 fully saturated rings. The third-order valence-corrected chi connectivity index (χ3v) is 5.76. The largest absolute Gasteiger partial charge is 0.324 e. The highest BCUT2D eigenvalue weighted by atomic mass is 35.5. The van der Waals surface area contributed by atoms with Crippen molar-refractivity contribution in [1.29, 1.82) is 0 Å². The van der Waals surface area contributed by atoms with Crippen LogP contribution in [-0.4, -0.2) is 28.5 Å². The third-order valence-electron chi connectivity index (χ3n) is 4.32. The number of nitrogens with one attached hydrogen (secondary N) is 1. The van der Waals surface area contributed by atoms with E-state index in [1.165, 1.54) is 23.9 Å². The van der Waals surface area contributed by atoms with Gasteiger partial charge >= 0.3 is 0 Å². The van der Waals surface area contributed by atoms with Crippen molar-refractivity contribution in [2.75, 3.05) is 16.8 Å². The number of benzene rings is 2. The highest BCUT2D eigenvalue weighted by molar-refractivity contribution is 8.00. The Balaban J connectivity index is 1.68. The number of carbonyl (C=O) groups is 2. The lowest BCUT2D eigenvalue weighted by Crippen LogP contribution is -2.25. The Bertz CT molecular complexity index is 920. The molecule has 1 unspecified atom stereocenters. The minimum Gasteiger partial charge on any atom is -0.324 e. The summed E-state index contributed by atoms with van der Waals surface area (Å²) in [5, 5.41) is 13.5. The lowest BCUT2D eigenvalue weighted by molar-refractivity contribution is -0.384. The van der Waals surface area contributed by atoms with E-state index in [1.807, 2.05) is 0 Å². The topological polar surface area (TPSA) is 92.5 Å². The molecule has 2 amide bonds. The minimum absolute atomic E-state index is 0.00140. The molecule has 146 valence electrons. The molecule has 7 nitrogen and oxygen atoms in total. The van der Waals surface area contributed by atoms with E-state index in [2.05, 4.69) is 5.32 Å². The number of nitro groups is 1. The van der Waals surface area contributed by atoms with Gasteiger partial charge in [-0.05, 0) is 43.7 Å². The molecule has 1 heterocycles. The van der Waals surface area contributed by atoms with E-state index in [9.17, 15) is 19.7 Å². The van der Waals surface area contributed by atoms with Gasteiger partial charge in [0.1, 0.15) is 0 Å². The maximum absolute atomic E-state index is 12.6. The molecule has 2 aromatic carbocycles. The monoisotopic (exact) mass is 419 g/mol. The van der Waals surface area contributed by atoms with Gasteiger partial charge in [0.05, 0.1) is 20.9 Å². The average molecular weight is 420 g/mol. The zero-order chi connectivity index (χ0) is 20.3. The first-order valence-corrected chi connectivity index (χ1v) is 9.93. The first kappa shape index (κ1) is 20.2. The highest BCUT2D eigenvalue weighted by Gasteiger charge is 2.23. The number of halogens is 1. The molecular weight excluding hydrogens is 402 g/mol. The van der Waals surface area contributed by atoms with Crippen LogP contribution in [0.3, 0.4) is 0 Å². The molecule has 9 heteroatoms. The maximum Gasteiger partial charge on any atom is 0.269 e. The number of hydrogen-bond donors (Lipinski definition) is 1. The number of non-ortho nitro benzene ring substituents is 1. The van der Waals surface area contributed by atoms with Crippen molar-refractivity contribution >= 4 is 52.2 Å². The third kappa shape index (κ3) is 4.63. The zero-order valence-electron chi connectivity index (χ0n) is 15.1. The Kier molecular flexibility index (Phi) is 6.21. The summed E-state index contributed by atoms with van der Waals surface area (Å²) in [6.07, 6.45) is 1.33. The molecular formula is C19H18ClN3O4S. The second kappa shape index (κ2) is 8.62. The Morgan fingerprint density at radius 2 is 2.00 bits per heavy atom. The van der Waals surface area contributed by atoms with E-state index >= 15 is 0 Å². The fourth-order valence-corrected chi connectivity index (χ4v) is 3.87. The van der Waals surface area contributed by atoms with E-state index in [0.717, 1.165) is 11.3 Å². The lowest BCUT2D eigenvalue weighted by Gasteiger charge is -2.18. The van der Waals surface area contributed by atoms with Crippen LogP contribution < -0.4 is 10.2 Å². The molecule has 1 atom stereocenters. The Morgan fingerprint density at radius 1 is 1.29 bits per heavy atom. The Hall–Kier alpha value is -2.58. The van der Waals surface area contributed by atoms with Crippen molar-refractivity contribution in [2.45, 2.75) is 29.9 Å². The average Bonchev–Trinajstić information content (AvgIpc) is 3.09. The predicted octanol–water partition coefficient (Wildman–Crippen LogP) is 4.49. The summed E-state index contributed by atoms with van der Waals surface area (Å²) in [5.41, 5.74) is 1.15. The minimum atomic E-state index is -0.468. The molecule has 28 heavy (non-hydrogen) atoms. The molecule has 1 N–H and O–H groups in total. The molecule has 0 saturated carbocycles. The summed E-state index contributed by atoms with van der Waals surface area (Å²) in [4.78, 5) is 37.2. The van der Waals surface area contributed by atoms with Crippen LogP contribution >= 0.6 is 23.4 Å². The molecule has 0 radical (unpaired) electrons. The van der Waals surface area contributed by atoms with Gasteiger partial charge in [-0.1, -0.05) is 11.6 Å². The van der Waals surface area contributed by atoms with Crippen LogP contribution in [0.4, 0.5) is 17.1 Å². The van der Waals surface area contributed by atoms with Gasteiger partial charge < -0.3 is 10.2 Å². The van der Waals surface area contributed by atoms with Gasteiger partial charge in [-0.15, -0.1) is 11.8 Å². The summed E-state index contributed by atoms with van der Waals surface area (Å²) >= 11 is 7.49. The van der Waals surface area contributed by atoms with Gasteiger partial charge in [-0.2, -0.15) is 0 Å². The summed E-state index contributed by atoms with van der Waals surface area (Å²) in [6.45, 7) is 2.39. The number of rotatable bonds is 6. The number of anilines is 2. The highest BCUT2D eigenvalue weighted by Crippen LogP contribution is 2.31. The summed E-state index contributed by atoms with van der Waals surface area (Å²) < 4.78 is 0. The fraction of sp³-hybridized carbons (Fsp3) is 0.263. The van der Waals surface area contributed by atoms with E-state index in [4.69, 9.17) is 11.6 Å². The lowest BCUT2D eigenvalue weighted by atomic mass is 10.2. The second-order valence-corrected chi connectivity index (χ2v) is 8.13. The van der Waals surface area contributed by atoms with E-state index in [-0.39, 0.29) is 17.5 Å². The normalized spacial score (nSPS) is 14.8. The van der Waals surface area contributed by atoms with Crippen LogP contribution in [0.15, 0.2) is 47.4 Å². The van der Waals surface area contributed by atoms with Gasteiger partial charge in [0, 0.05) is 35.7 Å². The summed E-state index contributed by atoms with van der Waals surface area (Å²) in [7, 11) is 0. The molecule has 0 bridgehead atoms. The van der Waals surface area contributed by atoms with Crippen LogP contribution in [0.2, 0.25) is 5.02 Å². The molecule has 2 aromatic rings. The SMILES string of the molecule is CC(Sc1ccc([N+](=O)[O-])cc1)C(=O)Nc1cc(N2CCCC2=O)ccc1Cl. The van der Waals surface area contributed by atoms with E-state index in [1.54, 1.807) is 42.2 Å². The molecule has 1 aliphatic rings. The van der Waals surface area contributed by atoms with Crippen LogP contribution in [0.5, 0.6) is 0 Å². The molecule has 0 spiro atoms. The molecule has 1 aliphatic heterocycles. The molecule has 0 aliphatic carbocycles. The quantitative estimate of drug-likeness (QED) is 0.423. The zero-order valence-corrected chi connectivity index (χ0v) is 16.6. The number of amides is 2. The molecule has 3 rings (SSSR count). The van der Waals surface area contributed by atoms with Crippen molar-refractivity contribution in [2.24, 2.45) is 0 Å². The van der Waals surface area contributed by atoms with Crippen LogP contribution in [-0.2, 0) is 9.59 Å². The van der Waals surface area contributed by atoms with Crippen LogP contribution in [0, 0.1) is 10.1 Å². The second-order valence-electron chi connectivity index (χ2n) is 6.31. The van der Waals surface area contributed by atoms with Crippen molar-refractivity contribution in [3.63, 3.8) is 0 Å². The van der Waals surface area contributed by atoms with E-state index < -0.39 is 10.2 Å². The first-order chi connectivity index (χ1) is 13.3.